The second-order valence-corrected chi connectivity index (χ2v) is 13.2. The minimum atomic E-state index is -3.44. The number of carbonyl (C=O) groups excluding carboxylic acids is 2. The zero-order valence-electron chi connectivity index (χ0n) is 25.8. The van der Waals surface area contributed by atoms with E-state index in [1.165, 1.54) is 19.2 Å². The van der Waals surface area contributed by atoms with Crippen LogP contribution in [0.15, 0.2) is 48.7 Å². The zero-order chi connectivity index (χ0) is 33.4. The van der Waals surface area contributed by atoms with Crippen LogP contribution in [0.25, 0.3) is 0 Å². The van der Waals surface area contributed by atoms with Gasteiger partial charge in [-0.2, -0.15) is 0 Å². The van der Waals surface area contributed by atoms with Crippen molar-refractivity contribution in [1.82, 2.24) is 20.1 Å². The molecule has 15 heteroatoms. The van der Waals surface area contributed by atoms with Crippen LogP contribution in [0.4, 0.5) is 25.0 Å². The van der Waals surface area contributed by atoms with Gasteiger partial charge in [0.15, 0.2) is 0 Å². The van der Waals surface area contributed by atoms with Crippen molar-refractivity contribution in [3.63, 3.8) is 0 Å². The summed E-state index contributed by atoms with van der Waals surface area (Å²) in [6.07, 6.45) is 5.77. The third-order valence-corrected chi connectivity index (χ3v) is 8.34. The number of piperidine rings is 1. The Morgan fingerprint density at radius 3 is 2.46 bits per heavy atom. The molecule has 0 aliphatic carbocycles. The van der Waals surface area contributed by atoms with E-state index in [4.69, 9.17) is 16.3 Å². The van der Waals surface area contributed by atoms with Gasteiger partial charge in [0.1, 0.15) is 17.4 Å². The van der Waals surface area contributed by atoms with Gasteiger partial charge in [-0.25, -0.2) is 27.0 Å². The molecule has 11 nitrogen and oxygen atoms in total. The maximum atomic E-state index is 14.5. The van der Waals surface area contributed by atoms with Crippen LogP contribution in [0.3, 0.4) is 0 Å². The molecule has 4 rings (SSSR count). The number of hydrogen-bond donors (Lipinski definition) is 3. The maximum absolute atomic E-state index is 14.5. The highest BCUT2D eigenvalue weighted by Gasteiger charge is 2.29. The fourth-order valence-corrected chi connectivity index (χ4v) is 5.88. The number of anilines is 2. The average Bonchev–Trinajstić information content (AvgIpc) is 3.00. The molecule has 0 spiro atoms. The van der Waals surface area contributed by atoms with Crippen molar-refractivity contribution in [2.24, 2.45) is 0 Å². The number of nitrogens with one attached hydrogen (secondary N) is 3. The molecule has 1 fully saturated rings. The number of nitrogens with zero attached hydrogens (tertiary/aromatic N) is 3. The number of amides is 3. The number of benzene rings is 2. The first-order valence-corrected chi connectivity index (χ1v) is 17.0. The maximum Gasteiger partial charge on any atom is 0.322 e. The highest BCUT2D eigenvalue weighted by molar-refractivity contribution is 7.92. The Labute approximate surface area is 272 Å². The van der Waals surface area contributed by atoms with Crippen LogP contribution < -0.4 is 20.1 Å². The van der Waals surface area contributed by atoms with Gasteiger partial charge < -0.3 is 20.3 Å². The number of likely N-dealkylation sites (tertiary alicyclic amines) is 1. The lowest BCUT2D eigenvalue weighted by Gasteiger charge is -2.38. The van der Waals surface area contributed by atoms with E-state index in [-0.39, 0.29) is 22.3 Å². The van der Waals surface area contributed by atoms with Gasteiger partial charge in [-0.1, -0.05) is 31.0 Å². The number of hydrogen-bond acceptors (Lipinski definition) is 7. The predicted molar refractivity (Wildman–Crippen MR) is 173 cm³/mol. The molecule has 0 unspecified atom stereocenters. The van der Waals surface area contributed by atoms with E-state index in [0.29, 0.717) is 62.4 Å². The summed E-state index contributed by atoms with van der Waals surface area (Å²) < 4.78 is 59.7. The SMILES string of the molecule is CCCCN(C(=O)Nc1cc(C(=O)NC)c(F)cc1F)C1CCN(Cc2ccc(Oc3ccc(NS(C)(=O)=O)cc3Cl)nc2)CC1. The molecule has 3 N–H and O–H groups in total. The Morgan fingerprint density at radius 1 is 1.11 bits per heavy atom. The molecule has 0 saturated carbocycles. The lowest BCUT2D eigenvalue weighted by molar-refractivity contribution is 0.0959. The largest absolute Gasteiger partial charge is 0.437 e. The number of aromatic nitrogens is 1. The van der Waals surface area contributed by atoms with E-state index in [1.54, 1.807) is 23.2 Å². The van der Waals surface area contributed by atoms with E-state index >= 15 is 0 Å². The lowest BCUT2D eigenvalue weighted by Crippen LogP contribution is -2.49. The fraction of sp³-hybridized carbons (Fsp3) is 0.387. The van der Waals surface area contributed by atoms with Gasteiger partial charge in [-0.15, -0.1) is 0 Å². The molecule has 1 aromatic heterocycles. The van der Waals surface area contributed by atoms with Crippen LogP contribution in [0.5, 0.6) is 11.6 Å². The molecule has 0 radical (unpaired) electrons. The van der Waals surface area contributed by atoms with Crippen molar-refractivity contribution < 1.29 is 31.5 Å². The first kappa shape index (κ1) is 34.9. The van der Waals surface area contributed by atoms with E-state index in [0.717, 1.165) is 30.7 Å². The number of ether oxygens (including phenoxy) is 1. The van der Waals surface area contributed by atoms with Crippen LogP contribution in [-0.4, -0.2) is 74.1 Å². The van der Waals surface area contributed by atoms with Gasteiger partial charge in [-0.05, 0) is 49.1 Å². The van der Waals surface area contributed by atoms with Gasteiger partial charge in [0.05, 0.1) is 28.2 Å². The fourth-order valence-electron chi connectivity index (χ4n) is 5.10. The summed E-state index contributed by atoms with van der Waals surface area (Å²) in [6, 6.07) is 9.19. The van der Waals surface area contributed by atoms with Gasteiger partial charge in [-0.3, -0.25) is 14.4 Å². The summed E-state index contributed by atoms with van der Waals surface area (Å²) in [6.45, 7) is 4.56. The number of halogens is 3. The van der Waals surface area contributed by atoms with Crippen molar-refractivity contribution in [3.8, 4) is 11.6 Å². The molecule has 0 bridgehead atoms. The number of carbonyl (C=O) groups is 2. The number of rotatable bonds is 12. The molecule has 0 atom stereocenters. The smallest absolute Gasteiger partial charge is 0.322 e. The number of sulfonamides is 1. The van der Waals surface area contributed by atoms with E-state index in [1.807, 2.05) is 13.0 Å². The minimum Gasteiger partial charge on any atom is -0.437 e. The molecule has 3 amide bonds. The summed E-state index contributed by atoms with van der Waals surface area (Å²) in [5.41, 5.74) is 0.666. The quantitative estimate of drug-likeness (QED) is 0.219. The van der Waals surface area contributed by atoms with Crippen molar-refractivity contribution >= 4 is 44.9 Å². The average molecular weight is 679 g/mol. The van der Waals surface area contributed by atoms with Crippen LogP contribution in [0.2, 0.25) is 5.02 Å². The zero-order valence-corrected chi connectivity index (χ0v) is 27.4. The molecular weight excluding hydrogens is 642 g/mol. The van der Waals surface area contributed by atoms with E-state index in [9.17, 15) is 26.8 Å². The Balaban J connectivity index is 1.33. The van der Waals surface area contributed by atoms with Crippen LogP contribution in [-0.2, 0) is 16.6 Å². The van der Waals surface area contributed by atoms with Gasteiger partial charge in [0.25, 0.3) is 5.91 Å². The molecule has 46 heavy (non-hydrogen) atoms. The molecular formula is C31H37ClF2N6O5S. The first-order chi connectivity index (χ1) is 21.9. The Morgan fingerprint density at radius 2 is 1.85 bits per heavy atom. The molecule has 1 aliphatic rings. The van der Waals surface area contributed by atoms with Crippen LogP contribution in [0.1, 0.15) is 48.5 Å². The molecule has 2 heterocycles. The Hall–Kier alpha value is -4.01. The van der Waals surface area contributed by atoms with E-state index < -0.39 is 33.6 Å². The third kappa shape index (κ3) is 9.50. The topological polar surface area (TPSA) is 133 Å². The van der Waals surface area contributed by atoms with Crippen molar-refractivity contribution in [1.29, 1.82) is 0 Å². The predicted octanol–water partition coefficient (Wildman–Crippen LogP) is 5.84. The molecule has 248 valence electrons. The standard InChI is InChI=1S/C31H37ClF2N6O5S/c1-4-5-12-40(31(42)37-27-16-23(30(41)35-2)25(33)17-26(27)34)22-10-13-39(14-11-22)19-20-6-9-29(36-18-20)45-28-8-7-21(15-24(28)32)38-46(3,43)44/h6-9,15-18,22,38H,4-5,10-14,19H2,1-3H3,(H,35,41)(H,37,42). The summed E-state index contributed by atoms with van der Waals surface area (Å²) in [4.78, 5) is 33.6. The molecule has 3 aromatic rings. The van der Waals surface area contributed by atoms with Crippen molar-refractivity contribution in [2.45, 2.75) is 45.2 Å². The monoisotopic (exact) mass is 678 g/mol. The summed E-state index contributed by atoms with van der Waals surface area (Å²) in [7, 11) is -2.10. The van der Waals surface area contributed by atoms with Gasteiger partial charge >= 0.3 is 6.03 Å². The third-order valence-electron chi connectivity index (χ3n) is 7.43. The lowest BCUT2D eigenvalue weighted by atomic mass is 10.0. The summed E-state index contributed by atoms with van der Waals surface area (Å²) in [5.74, 6) is -2.04. The number of urea groups is 1. The molecule has 1 aliphatic heterocycles. The van der Waals surface area contributed by atoms with Gasteiger partial charge in [0.2, 0.25) is 15.9 Å². The second-order valence-electron chi connectivity index (χ2n) is 11.0. The Bertz CT molecular complexity index is 1650. The highest BCUT2D eigenvalue weighted by Crippen LogP contribution is 2.31. The highest BCUT2D eigenvalue weighted by atomic mass is 35.5. The van der Waals surface area contributed by atoms with Crippen LogP contribution in [0, 0.1) is 11.6 Å². The molecule has 2 aromatic carbocycles. The van der Waals surface area contributed by atoms with Crippen LogP contribution >= 0.6 is 11.6 Å². The summed E-state index contributed by atoms with van der Waals surface area (Å²) in [5, 5.41) is 5.08. The number of pyridine rings is 1. The van der Waals surface area contributed by atoms with Gasteiger partial charge in [0, 0.05) is 57.6 Å². The van der Waals surface area contributed by atoms with Crippen molar-refractivity contribution in [3.05, 3.63) is 76.4 Å². The summed E-state index contributed by atoms with van der Waals surface area (Å²) >= 11 is 6.26. The molecule has 1 saturated heterocycles. The van der Waals surface area contributed by atoms with Crippen molar-refractivity contribution in [2.75, 3.05) is 43.0 Å². The second kappa shape index (κ2) is 15.5. The minimum absolute atomic E-state index is 0.0811. The number of unbranched alkanes of at least 4 members (excludes halogenated alkanes) is 1. The Kier molecular flexibility index (Phi) is 11.8. The first-order valence-electron chi connectivity index (χ1n) is 14.8. The van der Waals surface area contributed by atoms with E-state index in [2.05, 4.69) is 25.2 Å². The normalized spacial score (nSPS) is 14.0.